The van der Waals surface area contributed by atoms with Gasteiger partial charge in [-0.3, -0.25) is 19.4 Å². The van der Waals surface area contributed by atoms with Crippen molar-refractivity contribution in [3.63, 3.8) is 0 Å². The van der Waals surface area contributed by atoms with Gasteiger partial charge >= 0.3 is 0 Å². The Morgan fingerprint density at radius 2 is 1.88 bits per heavy atom. The van der Waals surface area contributed by atoms with Crippen LogP contribution in [0.5, 0.6) is 0 Å². The number of piperidine rings is 1. The van der Waals surface area contributed by atoms with Crippen molar-refractivity contribution in [1.82, 2.24) is 9.80 Å². The summed E-state index contributed by atoms with van der Waals surface area (Å²) in [5, 5.41) is 0. The smallest absolute Gasteiger partial charge is 0.253 e. The van der Waals surface area contributed by atoms with Gasteiger partial charge in [-0.1, -0.05) is 24.3 Å². The summed E-state index contributed by atoms with van der Waals surface area (Å²) in [7, 11) is 0. The number of hydrogen-bond donors (Lipinski definition) is 0. The largest absolute Gasteiger partial charge is 0.299 e. The van der Waals surface area contributed by atoms with Gasteiger partial charge in [0.05, 0.1) is 0 Å². The third kappa shape index (κ3) is 4.86. The molecule has 0 aliphatic carbocycles. The summed E-state index contributed by atoms with van der Waals surface area (Å²) in [5.74, 6) is -0.290. The van der Waals surface area contributed by atoms with Gasteiger partial charge in [-0.25, -0.2) is 4.39 Å². The van der Waals surface area contributed by atoms with Crippen LogP contribution in [0.4, 0.5) is 4.39 Å². The molecule has 4 nitrogen and oxygen atoms in total. The molecule has 0 radical (unpaired) electrons. The van der Waals surface area contributed by atoms with Crippen molar-refractivity contribution in [2.24, 2.45) is 5.92 Å². The van der Waals surface area contributed by atoms with E-state index in [0.29, 0.717) is 12.5 Å². The van der Waals surface area contributed by atoms with Gasteiger partial charge in [-0.2, -0.15) is 0 Å². The zero-order chi connectivity index (χ0) is 17.6. The van der Waals surface area contributed by atoms with Gasteiger partial charge in [-0.15, -0.1) is 0 Å². The molecule has 132 valence electrons. The Morgan fingerprint density at radius 3 is 2.56 bits per heavy atom. The lowest BCUT2D eigenvalue weighted by Gasteiger charge is -2.30. The number of rotatable bonds is 4. The average Bonchev–Trinajstić information content (AvgIpc) is 2.63. The van der Waals surface area contributed by atoms with E-state index >= 15 is 0 Å². The molecule has 1 fully saturated rings. The number of carbonyl (C=O) groups is 2. The van der Waals surface area contributed by atoms with Gasteiger partial charge in [0.15, 0.2) is 0 Å². The van der Waals surface area contributed by atoms with E-state index in [4.69, 9.17) is 0 Å². The summed E-state index contributed by atoms with van der Waals surface area (Å²) >= 11 is 0. The Morgan fingerprint density at radius 1 is 1.16 bits per heavy atom. The number of imide groups is 1. The second kappa shape index (κ2) is 8.21. The minimum absolute atomic E-state index is 0.208. The molecule has 0 saturated carbocycles. The van der Waals surface area contributed by atoms with Crippen molar-refractivity contribution in [2.45, 2.75) is 25.8 Å². The first-order chi connectivity index (χ1) is 12.1. The summed E-state index contributed by atoms with van der Waals surface area (Å²) in [6.07, 6.45) is 9.46. The number of benzene rings is 1. The minimum atomic E-state index is -0.227. The van der Waals surface area contributed by atoms with Crippen LogP contribution in [-0.4, -0.2) is 41.2 Å². The third-order valence-corrected chi connectivity index (χ3v) is 4.77. The van der Waals surface area contributed by atoms with Gasteiger partial charge in [-0.05, 0) is 68.1 Å². The molecule has 1 aromatic carbocycles. The summed E-state index contributed by atoms with van der Waals surface area (Å²) < 4.78 is 12.9. The standard InChI is InChI=1S/C20H23FN2O2/c21-18-7-4-17(5-8-18)15-22-13-10-16(11-14-22)6-9-20(25)23-12-2-1-3-19(23)24/h1,3-9,16H,2,10-15H2/b9-6+. The van der Waals surface area contributed by atoms with E-state index in [0.717, 1.165) is 44.5 Å². The van der Waals surface area contributed by atoms with Crippen LogP contribution in [-0.2, 0) is 16.1 Å². The molecule has 1 aromatic rings. The molecule has 0 N–H and O–H groups in total. The molecule has 0 bridgehead atoms. The van der Waals surface area contributed by atoms with Gasteiger partial charge in [0.1, 0.15) is 5.82 Å². The SMILES string of the molecule is O=C1C=CCCN1C(=O)/C=C/C1CCN(Cc2ccc(F)cc2)CC1. The Labute approximate surface area is 147 Å². The fourth-order valence-electron chi connectivity index (χ4n) is 3.27. The molecule has 2 aliphatic rings. The van der Waals surface area contributed by atoms with Gasteiger partial charge in [0.25, 0.3) is 11.8 Å². The topological polar surface area (TPSA) is 40.6 Å². The molecule has 2 amide bonds. The molecule has 0 unspecified atom stereocenters. The highest BCUT2D eigenvalue weighted by molar-refractivity contribution is 6.05. The quantitative estimate of drug-likeness (QED) is 0.790. The second-order valence-corrected chi connectivity index (χ2v) is 6.62. The molecule has 0 spiro atoms. The van der Waals surface area contributed by atoms with Crippen LogP contribution < -0.4 is 0 Å². The summed E-state index contributed by atoms with van der Waals surface area (Å²) in [4.78, 5) is 27.4. The van der Waals surface area contributed by atoms with Crippen LogP contribution in [0.25, 0.3) is 0 Å². The summed E-state index contributed by atoms with van der Waals surface area (Å²) in [5.41, 5.74) is 1.11. The molecular weight excluding hydrogens is 319 g/mol. The minimum Gasteiger partial charge on any atom is -0.299 e. The van der Waals surface area contributed by atoms with E-state index < -0.39 is 0 Å². The third-order valence-electron chi connectivity index (χ3n) is 4.77. The second-order valence-electron chi connectivity index (χ2n) is 6.62. The van der Waals surface area contributed by atoms with E-state index in [9.17, 15) is 14.0 Å². The van der Waals surface area contributed by atoms with E-state index in [1.165, 1.54) is 23.1 Å². The first kappa shape index (κ1) is 17.5. The molecule has 2 heterocycles. The Bertz CT molecular complexity index is 673. The monoisotopic (exact) mass is 342 g/mol. The molecule has 1 saturated heterocycles. The van der Waals surface area contributed by atoms with E-state index in [1.807, 2.05) is 18.2 Å². The van der Waals surface area contributed by atoms with Gasteiger partial charge < -0.3 is 0 Å². The number of hydrogen-bond acceptors (Lipinski definition) is 3. The maximum absolute atomic E-state index is 12.9. The lowest BCUT2D eigenvalue weighted by atomic mass is 9.96. The molecule has 0 atom stereocenters. The van der Waals surface area contributed by atoms with Gasteiger partial charge in [0, 0.05) is 13.1 Å². The molecule has 5 heteroatoms. The van der Waals surface area contributed by atoms with Crippen molar-refractivity contribution in [3.8, 4) is 0 Å². The average molecular weight is 342 g/mol. The fraction of sp³-hybridized carbons (Fsp3) is 0.400. The predicted octanol–water partition coefficient (Wildman–Crippen LogP) is 2.91. The molecule has 2 aliphatic heterocycles. The highest BCUT2D eigenvalue weighted by atomic mass is 19.1. The van der Waals surface area contributed by atoms with Crippen LogP contribution in [0.15, 0.2) is 48.6 Å². The maximum Gasteiger partial charge on any atom is 0.253 e. The summed E-state index contributed by atoms with van der Waals surface area (Å²) in [6, 6.07) is 6.63. The van der Waals surface area contributed by atoms with Crippen molar-refractivity contribution < 1.29 is 14.0 Å². The number of amides is 2. The number of halogens is 1. The number of nitrogens with zero attached hydrogens (tertiary/aromatic N) is 2. The zero-order valence-electron chi connectivity index (χ0n) is 14.2. The van der Waals surface area contributed by atoms with Crippen molar-refractivity contribution in [1.29, 1.82) is 0 Å². The van der Waals surface area contributed by atoms with Crippen LogP contribution in [0, 0.1) is 11.7 Å². The van der Waals surface area contributed by atoms with Crippen LogP contribution in [0.1, 0.15) is 24.8 Å². The zero-order valence-corrected chi connectivity index (χ0v) is 14.2. The first-order valence-corrected chi connectivity index (χ1v) is 8.79. The van der Waals surface area contributed by atoms with Crippen molar-refractivity contribution in [3.05, 3.63) is 60.0 Å². The first-order valence-electron chi connectivity index (χ1n) is 8.79. The highest BCUT2D eigenvalue weighted by Crippen LogP contribution is 2.20. The molecule has 25 heavy (non-hydrogen) atoms. The Kier molecular flexibility index (Phi) is 5.76. The van der Waals surface area contributed by atoms with E-state index in [-0.39, 0.29) is 17.6 Å². The highest BCUT2D eigenvalue weighted by Gasteiger charge is 2.21. The Hall–Kier alpha value is -2.27. The maximum atomic E-state index is 12.9. The number of likely N-dealkylation sites (tertiary alicyclic amines) is 1. The van der Waals surface area contributed by atoms with Crippen LogP contribution >= 0.6 is 0 Å². The predicted molar refractivity (Wildman–Crippen MR) is 94.0 cm³/mol. The lowest BCUT2D eigenvalue weighted by molar-refractivity contribution is -0.139. The normalized spacial score (nSPS) is 19.7. The molecular formula is C20H23FN2O2. The van der Waals surface area contributed by atoms with Crippen molar-refractivity contribution >= 4 is 11.8 Å². The molecule has 0 aromatic heterocycles. The van der Waals surface area contributed by atoms with E-state index in [2.05, 4.69) is 4.90 Å². The number of allylic oxidation sites excluding steroid dienone is 1. The Balaban J connectivity index is 1.45. The van der Waals surface area contributed by atoms with Gasteiger partial charge in [0.2, 0.25) is 0 Å². The van der Waals surface area contributed by atoms with Crippen LogP contribution in [0.3, 0.4) is 0 Å². The molecule has 3 rings (SSSR count). The summed E-state index contributed by atoms with van der Waals surface area (Å²) in [6.45, 7) is 3.19. The van der Waals surface area contributed by atoms with Crippen molar-refractivity contribution in [2.75, 3.05) is 19.6 Å². The number of carbonyl (C=O) groups excluding carboxylic acids is 2. The van der Waals surface area contributed by atoms with Crippen LogP contribution in [0.2, 0.25) is 0 Å². The lowest BCUT2D eigenvalue weighted by Crippen LogP contribution is -2.37. The fourth-order valence-corrected chi connectivity index (χ4v) is 3.27. The van der Waals surface area contributed by atoms with E-state index in [1.54, 1.807) is 12.2 Å².